The first-order valence-corrected chi connectivity index (χ1v) is 11.0. The number of aliphatic hydroxyl groups is 1. The van der Waals surface area contributed by atoms with Gasteiger partial charge in [0.05, 0.1) is 7.11 Å². The number of nitrogens with zero attached hydrogens (tertiary/aromatic N) is 1. The van der Waals surface area contributed by atoms with Gasteiger partial charge in [-0.3, -0.25) is 9.69 Å². The molecule has 32 heavy (non-hydrogen) atoms. The van der Waals surface area contributed by atoms with Crippen molar-refractivity contribution in [1.29, 1.82) is 0 Å². The third-order valence-corrected chi connectivity index (χ3v) is 5.25. The molecule has 0 saturated carbocycles. The summed E-state index contributed by atoms with van der Waals surface area (Å²) in [6.07, 6.45) is 1.02. The Labute approximate surface area is 190 Å². The lowest BCUT2D eigenvalue weighted by Gasteiger charge is -2.23. The molecule has 1 heterocycles. The minimum Gasteiger partial charge on any atom is -0.497 e. The number of fused-ring (bicyclic) bond motifs is 1. The first-order valence-electron chi connectivity index (χ1n) is 11.0. The van der Waals surface area contributed by atoms with Crippen molar-refractivity contribution in [3.63, 3.8) is 0 Å². The second-order valence-electron chi connectivity index (χ2n) is 8.50. The molecule has 1 atom stereocenters. The van der Waals surface area contributed by atoms with E-state index in [4.69, 9.17) is 9.47 Å². The molecular weight excluding hydrogens is 404 g/mol. The van der Waals surface area contributed by atoms with Crippen LogP contribution in [0.25, 0.3) is 0 Å². The van der Waals surface area contributed by atoms with E-state index in [1.165, 1.54) is 0 Å². The molecule has 170 valence electrons. The van der Waals surface area contributed by atoms with Crippen LogP contribution >= 0.6 is 0 Å². The lowest BCUT2D eigenvalue weighted by Crippen LogP contribution is -2.38. The molecular formula is C26H32N2O4. The molecule has 1 aliphatic rings. The minimum atomic E-state index is -1.04. The van der Waals surface area contributed by atoms with E-state index in [0.717, 1.165) is 48.7 Å². The van der Waals surface area contributed by atoms with Gasteiger partial charge in [0.1, 0.15) is 23.2 Å². The van der Waals surface area contributed by atoms with Crippen molar-refractivity contribution in [2.45, 2.75) is 45.4 Å². The average Bonchev–Trinajstić information content (AvgIpc) is 2.95. The number of benzene rings is 2. The van der Waals surface area contributed by atoms with E-state index in [1.54, 1.807) is 45.2 Å². The molecule has 0 radical (unpaired) electrons. The van der Waals surface area contributed by atoms with E-state index < -0.39 is 5.60 Å². The highest BCUT2D eigenvalue weighted by atomic mass is 16.5. The number of carbonyl (C=O) groups is 1. The molecule has 2 aromatic carbocycles. The van der Waals surface area contributed by atoms with Crippen molar-refractivity contribution in [2.75, 3.05) is 26.7 Å². The maximum Gasteiger partial charge on any atom is 0.251 e. The first kappa shape index (κ1) is 23.6. The van der Waals surface area contributed by atoms with Crippen LogP contribution in [-0.2, 0) is 6.54 Å². The van der Waals surface area contributed by atoms with Gasteiger partial charge in [0, 0.05) is 42.9 Å². The number of carbonyl (C=O) groups excluding carboxylic acids is 1. The highest BCUT2D eigenvalue weighted by Gasteiger charge is 2.22. The molecule has 6 nitrogen and oxygen atoms in total. The minimum absolute atomic E-state index is 0.109. The largest absolute Gasteiger partial charge is 0.497 e. The fraction of sp³-hybridized carbons (Fsp3) is 0.423. The van der Waals surface area contributed by atoms with Crippen molar-refractivity contribution < 1.29 is 19.4 Å². The Kier molecular flexibility index (Phi) is 7.79. The number of ether oxygens (including phenoxy) is 2. The first-order chi connectivity index (χ1) is 15.3. The van der Waals surface area contributed by atoms with Crippen LogP contribution < -0.4 is 14.8 Å². The van der Waals surface area contributed by atoms with E-state index in [-0.39, 0.29) is 12.0 Å². The Balaban J connectivity index is 1.57. The summed E-state index contributed by atoms with van der Waals surface area (Å²) in [6.45, 7) is 8.19. The fourth-order valence-electron chi connectivity index (χ4n) is 3.47. The average molecular weight is 437 g/mol. The molecule has 0 aromatic heterocycles. The van der Waals surface area contributed by atoms with Crippen molar-refractivity contribution in [3.05, 3.63) is 59.2 Å². The number of hydrogen-bond donors (Lipinski definition) is 2. The Morgan fingerprint density at radius 3 is 2.69 bits per heavy atom. The molecule has 1 aliphatic heterocycles. The van der Waals surface area contributed by atoms with Crippen LogP contribution in [0.3, 0.4) is 0 Å². The molecule has 0 aliphatic carbocycles. The zero-order valence-corrected chi connectivity index (χ0v) is 19.3. The van der Waals surface area contributed by atoms with E-state index in [2.05, 4.69) is 29.0 Å². The zero-order chi connectivity index (χ0) is 23.1. The van der Waals surface area contributed by atoms with E-state index >= 15 is 0 Å². The van der Waals surface area contributed by atoms with Crippen LogP contribution in [0.4, 0.5) is 0 Å². The molecule has 2 N–H and O–H groups in total. The molecule has 1 unspecified atom stereocenters. The van der Waals surface area contributed by atoms with Crippen molar-refractivity contribution >= 4 is 5.91 Å². The summed E-state index contributed by atoms with van der Waals surface area (Å²) in [5.41, 5.74) is 1.39. The van der Waals surface area contributed by atoms with Crippen molar-refractivity contribution in [2.24, 2.45) is 0 Å². The Bertz CT molecular complexity index is 984. The Hall–Kier alpha value is -3.01. The van der Waals surface area contributed by atoms with Gasteiger partial charge in [0.15, 0.2) is 0 Å². The van der Waals surface area contributed by atoms with Crippen LogP contribution in [0.15, 0.2) is 42.5 Å². The summed E-state index contributed by atoms with van der Waals surface area (Å²) < 4.78 is 11.5. The summed E-state index contributed by atoms with van der Waals surface area (Å²) in [6, 6.07) is 13.0. The van der Waals surface area contributed by atoms with Crippen molar-refractivity contribution in [1.82, 2.24) is 10.2 Å². The Morgan fingerprint density at radius 1 is 1.28 bits per heavy atom. The summed E-state index contributed by atoms with van der Waals surface area (Å²) in [4.78, 5) is 14.8. The van der Waals surface area contributed by atoms with Gasteiger partial charge in [0.25, 0.3) is 5.91 Å². The van der Waals surface area contributed by atoms with E-state index in [0.29, 0.717) is 12.1 Å². The van der Waals surface area contributed by atoms with Gasteiger partial charge in [0.2, 0.25) is 0 Å². The molecule has 0 saturated heterocycles. The second-order valence-corrected chi connectivity index (χ2v) is 8.50. The van der Waals surface area contributed by atoms with Gasteiger partial charge in [-0.15, -0.1) is 0 Å². The second kappa shape index (κ2) is 10.5. The van der Waals surface area contributed by atoms with Gasteiger partial charge >= 0.3 is 0 Å². The summed E-state index contributed by atoms with van der Waals surface area (Å²) in [7, 11) is 1.66. The Morgan fingerprint density at radius 2 is 2.03 bits per heavy atom. The van der Waals surface area contributed by atoms with E-state index in [9.17, 15) is 9.90 Å². The van der Waals surface area contributed by atoms with Gasteiger partial charge in [-0.25, -0.2) is 0 Å². The highest BCUT2D eigenvalue weighted by molar-refractivity contribution is 5.94. The summed E-state index contributed by atoms with van der Waals surface area (Å²) in [5, 5.41) is 12.7. The smallest absolute Gasteiger partial charge is 0.251 e. The van der Waals surface area contributed by atoms with E-state index in [1.807, 2.05) is 18.2 Å². The fourth-order valence-corrected chi connectivity index (χ4v) is 3.47. The summed E-state index contributed by atoms with van der Waals surface area (Å²) >= 11 is 0. The quantitative estimate of drug-likeness (QED) is 0.681. The number of hydrogen-bond acceptors (Lipinski definition) is 5. The standard InChI is InChI=1S/C26H32N2O4/c1-5-22-18-28(17-21-16-23(31-4)10-11-24(21)32-22)15-14-27-25(29)20-8-6-19(7-9-20)12-13-26(2,3)30/h6-11,16,22,30H,5,14-15,17-18H2,1-4H3,(H,27,29). The SMILES string of the molecule is CCC1CN(CCNC(=O)c2ccc(C#CC(C)(C)O)cc2)Cc2cc(OC)ccc2O1. The van der Waals surface area contributed by atoms with Crippen LogP contribution in [0.5, 0.6) is 11.5 Å². The molecule has 6 heteroatoms. The van der Waals surface area contributed by atoms with Crippen LogP contribution in [0, 0.1) is 11.8 Å². The monoisotopic (exact) mass is 436 g/mol. The molecule has 0 spiro atoms. The van der Waals surface area contributed by atoms with Crippen molar-refractivity contribution in [3.8, 4) is 23.3 Å². The molecule has 0 bridgehead atoms. The maximum absolute atomic E-state index is 12.5. The predicted octanol–water partition coefficient (Wildman–Crippen LogP) is 3.22. The maximum atomic E-state index is 12.5. The number of amides is 1. The highest BCUT2D eigenvalue weighted by Crippen LogP contribution is 2.29. The van der Waals surface area contributed by atoms with Gasteiger partial charge in [-0.05, 0) is 62.7 Å². The normalized spacial score (nSPS) is 16.1. The topological polar surface area (TPSA) is 71.0 Å². The third-order valence-electron chi connectivity index (χ3n) is 5.25. The predicted molar refractivity (Wildman–Crippen MR) is 125 cm³/mol. The summed E-state index contributed by atoms with van der Waals surface area (Å²) in [5.74, 6) is 7.27. The van der Waals surface area contributed by atoms with Gasteiger partial charge in [-0.2, -0.15) is 0 Å². The van der Waals surface area contributed by atoms with Gasteiger partial charge in [-0.1, -0.05) is 18.8 Å². The lowest BCUT2D eigenvalue weighted by molar-refractivity contribution is 0.0942. The number of nitrogens with one attached hydrogen (secondary N) is 1. The molecule has 1 amide bonds. The molecule has 3 rings (SSSR count). The third kappa shape index (κ3) is 6.74. The lowest BCUT2D eigenvalue weighted by atomic mass is 10.1. The zero-order valence-electron chi connectivity index (χ0n) is 19.3. The molecule has 2 aromatic rings. The molecule has 0 fully saturated rings. The number of rotatable bonds is 6. The number of methoxy groups -OCH3 is 1. The van der Waals surface area contributed by atoms with Gasteiger partial charge < -0.3 is 19.9 Å². The van der Waals surface area contributed by atoms with Crippen LogP contribution in [0.1, 0.15) is 48.7 Å². The van der Waals surface area contributed by atoms with Crippen LogP contribution in [0.2, 0.25) is 0 Å². The van der Waals surface area contributed by atoms with Crippen LogP contribution in [-0.4, -0.2) is 54.4 Å².